The summed E-state index contributed by atoms with van der Waals surface area (Å²) in [5.74, 6) is 1.01. The van der Waals surface area contributed by atoms with Crippen LogP contribution in [-0.4, -0.2) is 12.9 Å². The van der Waals surface area contributed by atoms with Gasteiger partial charge in [-0.25, -0.2) is 0 Å². The fraction of sp³-hybridized carbons (Fsp3) is 0.308. The van der Waals surface area contributed by atoms with Crippen molar-refractivity contribution in [3.8, 4) is 5.75 Å². The maximum absolute atomic E-state index is 11.6. The summed E-state index contributed by atoms with van der Waals surface area (Å²) in [5.41, 5.74) is 1.64. The van der Waals surface area contributed by atoms with E-state index in [9.17, 15) is 4.79 Å². The van der Waals surface area contributed by atoms with Crippen LogP contribution >= 0.6 is 0 Å². The highest BCUT2D eigenvalue weighted by atomic mass is 16.5. The summed E-state index contributed by atoms with van der Waals surface area (Å²) >= 11 is 0. The van der Waals surface area contributed by atoms with Crippen molar-refractivity contribution in [1.82, 2.24) is 0 Å². The van der Waals surface area contributed by atoms with Gasteiger partial charge in [0.05, 0.1) is 12.8 Å². The van der Waals surface area contributed by atoms with Gasteiger partial charge in [-0.3, -0.25) is 4.79 Å². The molecule has 0 heterocycles. The monoisotopic (exact) mass is 217 g/mol. The lowest BCUT2D eigenvalue weighted by atomic mass is 10.0. The lowest BCUT2D eigenvalue weighted by molar-refractivity contribution is -0.115. The summed E-state index contributed by atoms with van der Waals surface area (Å²) in [4.78, 5) is 11.6. The average molecular weight is 217 g/mol. The molecule has 0 spiro atoms. The van der Waals surface area contributed by atoms with E-state index in [1.807, 2.05) is 30.3 Å². The van der Waals surface area contributed by atoms with E-state index >= 15 is 0 Å². The van der Waals surface area contributed by atoms with E-state index in [2.05, 4.69) is 5.32 Å². The van der Waals surface area contributed by atoms with Gasteiger partial charge in [0.1, 0.15) is 5.75 Å². The number of ether oxygens (including phenoxy) is 1. The first kappa shape index (κ1) is 10.7. The molecule has 0 aliphatic heterocycles. The number of carbonyl (C=O) groups is 1. The highest BCUT2D eigenvalue weighted by Gasteiger charge is 2.13. The maximum Gasteiger partial charge on any atom is 0.178 e. The molecule has 3 heteroatoms. The molecule has 0 aromatic heterocycles. The Hall–Kier alpha value is -1.77. The van der Waals surface area contributed by atoms with Gasteiger partial charge in [-0.1, -0.05) is 6.08 Å². The van der Waals surface area contributed by atoms with Gasteiger partial charge in [0, 0.05) is 12.1 Å². The molecule has 0 saturated carbocycles. The molecule has 1 aliphatic carbocycles. The number of carbonyl (C=O) groups excluding carboxylic acids is 1. The first-order valence-corrected chi connectivity index (χ1v) is 5.44. The number of allylic oxidation sites excluding steroid dienone is 2. The molecule has 16 heavy (non-hydrogen) atoms. The van der Waals surface area contributed by atoms with Gasteiger partial charge < -0.3 is 10.1 Å². The Morgan fingerprint density at radius 2 is 2.00 bits per heavy atom. The van der Waals surface area contributed by atoms with Crippen molar-refractivity contribution in [3.05, 3.63) is 36.0 Å². The van der Waals surface area contributed by atoms with Gasteiger partial charge in [0.15, 0.2) is 5.78 Å². The molecule has 1 N–H and O–H groups in total. The van der Waals surface area contributed by atoms with Gasteiger partial charge in [-0.2, -0.15) is 0 Å². The van der Waals surface area contributed by atoms with Crippen molar-refractivity contribution < 1.29 is 9.53 Å². The minimum absolute atomic E-state index is 0.196. The molecular weight excluding hydrogens is 202 g/mol. The molecule has 1 aliphatic rings. The quantitative estimate of drug-likeness (QED) is 0.846. The van der Waals surface area contributed by atoms with Gasteiger partial charge in [-0.15, -0.1) is 0 Å². The van der Waals surface area contributed by atoms with E-state index in [1.165, 1.54) is 0 Å². The van der Waals surface area contributed by atoms with E-state index in [0.29, 0.717) is 6.42 Å². The van der Waals surface area contributed by atoms with Crippen molar-refractivity contribution in [2.75, 3.05) is 12.4 Å². The Morgan fingerprint density at radius 3 is 2.62 bits per heavy atom. The van der Waals surface area contributed by atoms with Crippen molar-refractivity contribution in [1.29, 1.82) is 0 Å². The van der Waals surface area contributed by atoms with Crippen molar-refractivity contribution >= 4 is 11.5 Å². The normalized spacial score (nSPS) is 15.6. The van der Waals surface area contributed by atoms with Crippen LogP contribution in [0.15, 0.2) is 36.0 Å². The van der Waals surface area contributed by atoms with E-state index in [-0.39, 0.29) is 5.78 Å². The summed E-state index contributed by atoms with van der Waals surface area (Å²) in [6.45, 7) is 0. The second-order valence-electron chi connectivity index (χ2n) is 3.79. The summed E-state index contributed by atoms with van der Waals surface area (Å²) < 4.78 is 5.07. The topological polar surface area (TPSA) is 38.3 Å². The first-order valence-electron chi connectivity index (χ1n) is 5.44. The van der Waals surface area contributed by atoms with Crippen LogP contribution in [0.5, 0.6) is 5.75 Å². The van der Waals surface area contributed by atoms with Crippen LogP contribution in [-0.2, 0) is 4.79 Å². The molecular formula is C13H15NO2. The first-order chi connectivity index (χ1) is 7.79. The molecule has 1 aromatic rings. The number of hydrogen-bond acceptors (Lipinski definition) is 3. The third-order valence-corrected chi connectivity index (χ3v) is 2.63. The zero-order valence-electron chi connectivity index (χ0n) is 9.32. The van der Waals surface area contributed by atoms with Crippen molar-refractivity contribution in [3.63, 3.8) is 0 Å². The predicted octanol–water partition coefficient (Wildman–Crippen LogP) is 2.74. The fourth-order valence-corrected chi connectivity index (χ4v) is 1.71. The molecule has 84 valence electrons. The van der Waals surface area contributed by atoms with E-state index in [1.54, 1.807) is 7.11 Å². The lowest BCUT2D eigenvalue weighted by Gasteiger charge is -2.14. The molecule has 0 radical (unpaired) electrons. The number of benzene rings is 1. The molecule has 0 atom stereocenters. The van der Waals surface area contributed by atoms with Crippen LogP contribution in [0.4, 0.5) is 5.69 Å². The Kier molecular flexibility index (Phi) is 3.25. The van der Waals surface area contributed by atoms with E-state index < -0.39 is 0 Å². The predicted molar refractivity (Wildman–Crippen MR) is 63.6 cm³/mol. The van der Waals surface area contributed by atoms with Crippen LogP contribution < -0.4 is 10.1 Å². The minimum Gasteiger partial charge on any atom is -0.497 e. The number of nitrogens with one attached hydrogen (secondary N) is 1. The van der Waals surface area contributed by atoms with E-state index in [4.69, 9.17) is 4.74 Å². The third kappa shape index (κ3) is 2.42. The smallest absolute Gasteiger partial charge is 0.178 e. The number of hydrogen-bond donors (Lipinski definition) is 1. The molecule has 0 bridgehead atoms. The zero-order valence-corrected chi connectivity index (χ0v) is 9.32. The van der Waals surface area contributed by atoms with Crippen molar-refractivity contribution in [2.45, 2.75) is 19.3 Å². The van der Waals surface area contributed by atoms with Gasteiger partial charge >= 0.3 is 0 Å². The minimum atomic E-state index is 0.196. The number of methoxy groups -OCH3 is 1. The number of ketones is 1. The van der Waals surface area contributed by atoms with E-state index in [0.717, 1.165) is 30.0 Å². The summed E-state index contributed by atoms with van der Waals surface area (Å²) in [6, 6.07) is 7.55. The van der Waals surface area contributed by atoms with Crippen LogP contribution in [0.2, 0.25) is 0 Å². The summed E-state index contributed by atoms with van der Waals surface area (Å²) in [6.07, 6.45) is 4.56. The number of anilines is 1. The van der Waals surface area contributed by atoms with Crippen LogP contribution in [0.1, 0.15) is 19.3 Å². The Labute approximate surface area is 95.1 Å². The zero-order chi connectivity index (χ0) is 11.4. The molecule has 0 unspecified atom stereocenters. The standard InChI is InChI=1S/C13H15NO2/c1-16-11-8-6-10(7-9-11)14-12-4-2-3-5-13(12)15/h4,6-9,14H,2-3,5H2,1H3. The lowest BCUT2D eigenvalue weighted by Crippen LogP contribution is -2.14. The SMILES string of the molecule is COc1ccc(NC2=CCCCC2=O)cc1. The van der Waals surface area contributed by atoms with Gasteiger partial charge in [0.2, 0.25) is 0 Å². The van der Waals surface area contributed by atoms with Gasteiger partial charge in [0.25, 0.3) is 0 Å². The fourth-order valence-electron chi connectivity index (χ4n) is 1.71. The summed E-state index contributed by atoms with van der Waals surface area (Å²) in [5, 5.41) is 3.14. The molecule has 0 amide bonds. The number of Topliss-reactive ketones (excluding diaryl/α,β-unsaturated/α-hetero) is 1. The molecule has 2 rings (SSSR count). The highest BCUT2D eigenvalue weighted by molar-refractivity contribution is 5.98. The maximum atomic E-state index is 11.6. The average Bonchev–Trinajstić information content (AvgIpc) is 2.33. The largest absolute Gasteiger partial charge is 0.497 e. The molecule has 1 aromatic carbocycles. The molecule has 0 saturated heterocycles. The Bertz CT molecular complexity index is 406. The van der Waals surface area contributed by atoms with Crippen LogP contribution in [0.3, 0.4) is 0 Å². The summed E-state index contributed by atoms with van der Waals surface area (Å²) in [7, 11) is 1.63. The molecule has 0 fully saturated rings. The van der Waals surface area contributed by atoms with Gasteiger partial charge in [-0.05, 0) is 37.1 Å². The highest BCUT2D eigenvalue weighted by Crippen LogP contribution is 2.20. The van der Waals surface area contributed by atoms with Crippen molar-refractivity contribution in [2.24, 2.45) is 0 Å². The number of rotatable bonds is 3. The van der Waals surface area contributed by atoms with Crippen LogP contribution in [0, 0.1) is 0 Å². The second-order valence-corrected chi connectivity index (χ2v) is 3.79. The second kappa shape index (κ2) is 4.84. The molecule has 3 nitrogen and oxygen atoms in total. The Morgan fingerprint density at radius 1 is 1.25 bits per heavy atom. The third-order valence-electron chi connectivity index (χ3n) is 2.63. The Balaban J connectivity index is 2.08. The van der Waals surface area contributed by atoms with Crippen LogP contribution in [0.25, 0.3) is 0 Å².